The van der Waals surface area contributed by atoms with E-state index in [1.54, 1.807) is 36.4 Å². The predicted octanol–water partition coefficient (Wildman–Crippen LogP) is 3.23. The van der Waals surface area contributed by atoms with Gasteiger partial charge in [-0.1, -0.05) is 12.1 Å². The van der Waals surface area contributed by atoms with Crippen LogP contribution < -0.4 is 10.6 Å². The first-order valence-electron chi connectivity index (χ1n) is 8.38. The second-order valence-electron chi connectivity index (χ2n) is 5.87. The molecule has 0 bridgehead atoms. The first kappa shape index (κ1) is 20.5. The maximum Gasteiger partial charge on any atom is 0.337 e. The molecule has 0 saturated carbocycles. The maximum atomic E-state index is 12.3. The Kier molecular flexibility index (Phi) is 7.43. The average Bonchev–Trinajstić information content (AvgIpc) is 2.67. The minimum Gasteiger partial charge on any atom is -0.465 e. The van der Waals surface area contributed by atoms with Crippen LogP contribution in [0.5, 0.6) is 0 Å². The first-order valence-corrected chi connectivity index (χ1v) is 9.26. The summed E-state index contributed by atoms with van der Waals surface area (Å²) >= 11 is 1.44. The van der Waals surface area contributed by atoms with Gasteiger partial charge >= 0.3 is 5.97 Å². The van der Waals surface area contributed by atoms with E-state index in [9.17, 15) is 14.4 Å². The molecule has 6 nitrogen and oxygen atoms in total. The first-order chi connectivity index (χ1) is 12.9. The fraction of sp³-hybridized carbons (Fsp3) is 0.250. The third-order valence-corrected chi connectivity index (χ3v) is 4.81. The van der Waals surface area contributed by atoms with Crippen LogP contribution in [0.15, 0.2) is 53.4 Å². The number of rotatable bonds is 7. The third-order valence-electron chi connectivity index (χ3n) is 3.70. The monoisotopic (exact) mass is 386 g/mol. The standard InChI is InChI=1S/C20H22N2O4S/c1-13(27-18-10-8-17(9-11-18)22-14(2)23)19(24)21-12-15-4-6-16(7-5-15)20(25)26-3/h4-11,13H,12H2,1-3H3,(H,21,24)(H,22,23). The highest BCUT2D eigenvalue weighted by molar-refractivity contribution is 8.00. The SMILES string of the molecule is COC(=O)c1ccc(CNC(=O)C(C)Sc2ccc(NC(C)=O)cc2)cc1. The normalized spacial score (nSPS) is 11.4. The molecule has 2 aromatic carbocycles. The van der Waals surface area contributed by atoms with Gasteiger partial charge in [0.05, 0.1) is 17.9 Å². The lowest BCUT2D eigenvalue weighted by molar-refractivity contribution is -0.120. The van der Waals surface area contributed by atoms with Crippen molar-refractivity contribution >= 4 is 35.2 Å². The Morgan fingerprint density at radius 2 is 1.67 bits per heavy atom. The molecular weight excluding hydrogens is 364 g/mol. The number of carbonyl (C=O) groups excluding carboxylic acids is 3. The molecular formula is C20H22N2O4S. The average molecular weight is 386 g/mol. The molecule has 0 fully saturated rings. The van der Waals surface area contributed by atoms with Crippen molar-refractivity contribution in [3.63, 3.8) is 0 Å². The number of hydrogen-bond donors (Lipinski definition) is 2. The number of amides is 2. The zero-order chi connectivity index (χ0) is 19.8. The van der Waals surface area contributed by atoms with Crippen LogP contribution in [0.2, 0.25) is 0 Å². The minimum absolute atomic E-state index is 0.0806. The highest BCUT2D eigenvalue weighted by Crippen LogP contribution is 2.25. The van der Waals surface area contributed by atoms with Gasteiger partial charge in [-0.15, -0.1) is 11.8 Å². The Bertz CT molecular complexity index is 804. The number of methoxy groups -OCH3 is 1. The number of anilines is 1. The van der Waals surface area contributed by atoms with E-state index < -0.39 is 0 Å². The molecule has 0 spiro atoms. The molecule has 0 heterocycles. The molecule has 0 radical (unpaired) electrons. The molecule has 2 aromatic rings. The van der Waals surface area contributed by atoms with E-state index in [2.05, 4.69) is 15.4 Å². The van der Waals surface area contributed by atoms with Crippen molar-refractivity contribution in [3.05, 3.63) is 59.7 Å². The smallest absolute Gasteiger partial charge is 0.337 e. The van der Waals surface area contributed by atoms with Crippen molar-refractivity contribution in [2.24, 2.45) is 0 Å². The Morgan fingerprint density at radius 1 is 1.04 bits per heavy atom. The quantitative estimate of drug-likeness (QED) is 0.564. The molecule has 142 valence electrons. The number of ether oxygens (including phenoxy) is 1. The summed E-state index contributed by atoms with van der Waals surface area (Å²) in [6, 6.07) is 14.2. The van der Waals surface area contributed by atoms with Gasteiger partial charge in [0.15, 0.2) is 0 Å². The molecule has 27 heavy (non-hydrogen) atoms. The zero-order valence-electron chi connectivity index (χ0n) is 15.4. The fourth-order valence-corrected chi connectivity index (χ4v) is 3.18. The molecule has 0 saturated heterocycles. The van der Waals surface area contributed by atoms with E-state index in [0.717, 1.165) is 16.1 Å². The van der Waals surface area contributed by atoms with Crippen LogP contribution in [-0.2, 0) is 20.9 Å². The van der Waals surface area contributed by atoms with Crippen LogP contribution in [0.3, 0.4) is 0 Å². The fourth-order valence-electron chi connectivity index (χ4n) is 2.29. The molecule has 2 amide bonds. The Balaban J connectivity index is 1.84. The van der Waals surface area contributed by atoms with Crippen LogP contribution in [0.4, 0.5) is 5.69 Å². The molecule has 0 aliphatic heterocycles. The molecule has 0 aromatic heterocycles. The number of nitrogens with one attached hydrogen (secondary N) is 2. The van der Waals surface area contributed by atoms with E-state index in [-0.39, 0.29) is 23.0 Å². The third kappa shape index (κ3) is 6.45. The predicted molar refractivity (Wildman–Crippen MR) is 106 cm³/mol. The van der Waals surface area contributed by atoms with Gasteiger partial charge in [-0.2, -0.15) is 0 Å². The van der Waals surface area contributed by atoms with Gasteiger partial charge in [-0.05, 0) is 48.9 Å². The van der Waals surface area contributed by atoms with Crippen molar-refractivity contribution < 1.29 is 19.1 Å². The van der Waals surface area contributed by atoms with Crippen LogP contribution >= 0.6 is 11.8 Å². The molecule has 0 aliphatic rings. The molecule has 1 atom stereocenters. The second-order valence-corrected chi connectivity index (χ2v) is 7.29. The van der Waals surface area contributed by atoms with Crippen LogP contribution in [0, 0.1) is 0 Å². The largest absolute Gasteiger partial charge is 0.465 e. The molecule has 2 rings (SSSR count). The highest BCUT2D eigenvalue weighted by Gasteiger charge is 2.14. The number of benzene rings is 2. The second kappa shape index (κ2) is 9.78. The van der Waals surface area contributed by atoms with Crippen molar-refractivity contribution in [2.75, 3.05) is 12.4 Å². The summed E-state index contributed by atoms with van der Waals surface area (Å²) in [7, 11) is 1.34. The van der Waals surface area contributed by atoms with E-state index in [1.807, 2.05) is 19.1 Å². The van der Waals surface area contributed by atoms with Crippen molar-refractivity contribution in [2.45, 2.75) is 30.5 Å². The maximum absolute atomic E-state index is 12.3. The summed E-state index contributed by atoms with van der Waals surface area (Å²) in [5, 5.41) is 5.32. The number of carbonyl (C=O) groups is 3. The number of hydrogen-bond acceptors (Lipinski definition) is 5. The lowest BCUT2D eigenvalue weighted by Gasteiger charge is -2.13. The van der Waals surface area contributed by atoms with Crippen LogP contribution in [0.1, 0.15) is 29.8 Å². The molecule has 7 heteroatoms. The molecule has 2 N–H and O–H groups in total. The Morgan fingerprint density at radius 3 is 2.22 bits per heavy atom. The van der Waals surface area contributed by atoms with Gasteiger partial charge < -0.3 is 15.4 Å². The highest BCUT2D eigenvalue weighted by atomic mass is 32.2. The van der Waals surface area contributed by atoms with Gasteiger partial charge in [-0.25, -0.2) is 4.79 Å². The van der Waals surface area contributed by atoms with E-state index in [0.29, 0.717) is 12.1 Å². The lowest BCUT2D eigenvalue weighted by atomic mass is 10.1. The summed E-state index contributed by atoms with van der Waals surface area (Å²) < 4.78 is 4.66. The summed E-state index contributed by atoms with van der Waals surface area (Å²) in [6.07, 6.45) is 0. The molecule has 0 aliphatic carbocycles. The van der Waals surface area contributed by atoms with Gasteiger partial charge in [0.25, 0.3) is 0 Å². The van der Waals surface area contributed by atoms with Crippen LogP contribution in [-0.4, -0.2) is 30.1 Å². The van der Waals surface area contributed by atoms with E-state index >= 15 is 0 Å². The number of thioether (sulfide) groups is 1. The summed E-state index contributed by atoms with van der Waals surface area (Å²) in [5.41, 5.74) is 2.09. The number of esters is 1. The topological polar surface area (TPSA) is 84.5 Å². The lowest BCUT2D eigenvalue weighted by Crippen LogP contribution is -2.30. The Labute approximate surface area is 162 Å². The summed E-state index contributed by atoms with van der Waals surface area (Å²) in [5.74, 6) is -0.592. The summed E-state index contributed by atoms with van der Waals surface area (Å²) in [4.78, 5) is 35.7. The minimum atomic E-state index is -0.389. The van der Waals surface area contributed by atoms with Crippen molar-refractivity contribution in [3.8, 4) is 0 Å². The zero-order valence-corrected chi connectivity index (χ0v) is 16.3. The molecule has 1 unspecified atom stereocenters. The van der Waals surface area contributed by atoms with Crippen LogP contribution in [0.25, 0.3) is 0 Å². The van der Waals surface area contributed by atoms with Gasteiger partial charge in [0, 0.05) is 24.1 Å². The Hall–Kier alpha value is -2.80. The van der Waals surface area contributed by atoms with Crippen molar-refractivity contribution in [1.82, 2.24) is 5.32 Å². The van der Waals surface area contributed by atoms with E-state index in [1.165, 1.54) is 25.8 Å². The van der Waals surface area contributed by atoms with Crippen molar-refractivity contribution in [1.29, 1.82) is 0 Å². The van der Waals surface area contributed by atoms with Gasteiger partial charge in [-0.3, -0.25) is 9.59 Å². The van der Waals surface area contributed by atoms with Gasteiger partial charge in [0.2, 0.25) is 11.8 Å². The summed E-state index contributed by atoms with van der Waals surface area (Å²) in [6.45, 7) is 3.67. The van der Waals surface area contributed by atoms with E-state index in [4.69, 9.17) is 0 Å². The van der Waals surface area contributed by atoms with Gasteiger partial charge in [0.1, 0.15) is 0 Å².